The van der Waals surface area contributed by atoms with E-state index in [9.17, 15) is 0 Å². The molecule has 0 amide bonds. The summed E-state index contributed by atoms with van der Waals surface area (Å²) in [6.45, 7) is 0.726. The molecule has 10 aromatic rings. The maximum atomic E-state index is 6.99. The van der Waals surface area contributed by atoms with Crippen molar-refractivity contribution in [3.05, 3.63) is 223 Å². The fourth-order valence-corrected chi connectivity index (χ4v) is 11.9. The number of fused-ring (bicyclic) bond motifs is 11. The van der Waals surface area contributed by atoms with Crippen molar-refractivity contribution >= 4 is 50.6 Å². The zero-order chi connectivity index (χ0) is 40.9. The standard InChI is InChI=1S/C56H38N4OS/c1-58-35-59-49-34-39(61-38-28-30-43-42-19-8-9-23-46(42)60(48(43)33-38)52-27-10-11-32-57-52)29-31-44(49)56(45-22-14-24-47(58)55(45)59)53-40(36-15-4-2-5-16-36)20-12-25-50(53)62-51-26-13-21-41(54(51)56)37-17-6-3-7-18-37/h2-34H,35H2,1H3. The van der Waals surface area contributed by atoms with E-state index in [-0.39, 0.29) is 0 Å². The van der Waals surface area contributed by atoms with Crippen LogP contribution in [0.25, 0.3) is 49.9 Å². The van der Waals surface area contributed by atoms with Crippen LogP contribution in [-0.4, -0.2) is 23.3 Å². The highest BCUT2D eigenvalue weighted by atomic mass is 32.2. The first-order chi connectivity index (χ1) is 30.7. The van der Waals surface area contributed by atoms with Gasteiger partial charge in [-0.2, -0.15) is 0 Å². The molecule has 13 rings (SSSR count). The molecule has 1 spiro atoms. The lowest BCUT2D eigenvalue weighted by molar-refractivity contribution is 0.482. The van der Waals surface area contributed by atoms with E-state index in [1.807, 2.05) is 30.1 Å². The molecule has 5 nitrogen and oxygen atoms in total. The van der Waals surface area contributed by atoms with E-state index in [2.05, 4.69) is 203 Å². The van der Waals surface area contributed by atoms with Crippen molar-refractivity contribution in [3.63, 3.8) is 0 Å². The summed E-state index contributed by atoms with van der Waals surface area (Å²) < 4.78 is 9.22. The number of pyridine rings is 1. The van der Waals surface area contributed by atoms with Crippen LogP contribution in [0.15, 0.2) is 210 Å². The van der Waals surface area contributed by atoms with Crippen molar-refractivity contribution < 1.29 is 4.74 Å². The largest absolute Gasteiger partial charge is 0.457 e. The lowest BCUT2D eigenvalue weighted by Crippen LogP contribution is -2.41. The molecule has 0 saturated heterocycles. The first-order valence-corrected chi connectivity index (χ1v) is 21.9. The molecule has 0 radical (unpaired) electrons. The predicted octanol–water partition coefficient (Wildman–Crippen LogP) is 14.0. The maximum Gasteiger partial charge on any atom is 0.137 e. The Balaban J connectivity index is 1.08. The summed E-state index contributed by atoms with van der Waals surface area (Å²) >= 11 is 1.89. The molecule has 0 saturated carbocycles. The van der Waals surface area contributed by atoms with Crippen LogP contribution in [0.1, 0.15) is 22.3 Å². The Hall–Kier alpha value is -7.54. The van der Waals surface area contributed by atoms with Gasteiger partial charge in [0.2, 0.25) is 0 Å². The van der Waals surface area contributed by atoms with E-state index in [4.69, 9.17) is 9.72 Å². The monoisotopic (exact) mass is 814 g/mol. The van der Waals surface area contributed by atoms with Gasteiger partial charge >= 0.3 is 0 Å². The molecule has 3 aliphatic rings. The van der Waals surface area contributed by atoms with Crippen LogP contribution in [-0.2, 0) is 5.41 Å². The minimum Gasteiger partial charge on any atom is -0.457 e. The highest BCUT2D eigenvalue weighted by Gasteiger charge is 2.54. The summed E-state index contributed by atoms with van der Waals surface area (Å²) in [6, 6.07) is 70.4. The molecule has 3 aliphatic heterocycles. The zero-order valence-electron chi connectivity index (χ0n) is 33.9. The van der Waals surface area contributed by atoms with E-state index < -0.39 is 5.41 Å². The van der Waals surface area contributed by atoms with Gasteiger partial charge in [-0.3, -0.25) is 4.57 Å². The molecule has 5 heterocycles. The number of benzene rings is 8. The first-order valence-electron chi connectivity index (χ1n) is 21.1. The molecule has 62 heavy (non-hydrogen) atoms. The van der Waals surface area contributed by atoms with Gasteiger partial charge in [-0.1, -0.05) is 139 Å². The van der Waals surface area contributed by atoms with Crippen LogP contribution in [0.4, 0.5) is 17.1 Å². The van der Waals surface area contributed by atoms with Gasteiger partial charge in [0.05, 0.1) is 40.2 Å². The minimum atomic E-state index is -0.682. The smallest absolute Gasteiger partial charge is 0.137 e. The molecule has 8 aromatic carbocycles. The van der Waals surface area contributed by atoms with Gasteiger partial charge in [0.15, 0.2) is 0 Å². The Labute approximate surface area is 364 Å². The van der Waals surface area contributed by atoms with Crippen molar-refractivity contribution in [3.8, 4) is 39.6 Å². The highest BCUT2D eigenvalue weighted by Crippen LogP contribution is 2.67. The SMILES string of the molecule is CN1CN2c3cc(Oc4ccc5c6ccccc6n(-c6ccccn6)c5c4)ccc3C3(c4cccc1c42)c1c(cccc1-c1ccccc1)Sc1cccc(-c2ccccc2)c13. The average Bonchev–Trinajstić information content (AvgIpc) is 3.85. The van der Waals surface area contributed by atoms with Crippen molar-refractivity contribution in [2.45, 2.75) is 15.2 Å². The number of anilines is 3. The van der Waals surface area contributed by atoms with E-state index in [0.29, 0.717) is 0 Å². The van der Waals surface area contributed by atoms with E-state index in [0.717, 1.165) is 46.1 Å². The van der Waals surface area contributed by atoms with Crippen LogP contribution in [0.2, 0.25) is 0 Å². The molecular formula is C56H38N4OS. The van der Waals surface area contributed by atoms with Crippen molar-refractivity contribution in [1.29, 1.82) is 0 Å². The van der Waals surface area contributed by atoms with E-state index in [1.165, 1.54) is 71.1 Å². The number of para-hydroxylation sites is 2. The topological polar surface area (TPSA) is 33.5 Å². The molecular weight excluding hydrogens is 777 g/mol. The molecule has 0 N–H and O–H groups in total. The Bertz CT molecular complexity index is 3330. The number of nitrogens with zero attached hydrogens (tertiary/aromatic N) is 4. The molecule has 0 atom stereocenters. The van der Waals surface area contributed by atoms with Crippen molar-refractivity contribution in [1.82, 2.24) is 9.55 Å². The van der Waals surface area contributed by atoms with Crippen LogP contribution < -0.4 is 14.5 Å². The fraction of sp³-hybridized carbons (Fsp3) is 0.0536. The minimum absolute atomic E-state index is 0.682. The van der Waals surface area contributed by atoms with Gasteiger partial charge in [0, 0.05) is 45.9 Å². The maximum absolute atomic E-state index is 6.99. The van der Waals surface area contributed by atoms with Crippen molar-refractivity contribution in [2.24, 2.45) is 0 Å². The number of hydrogen-bond acceptors (Lipinski definition) is 5. The molecule has 0 unspecified atom stereocenters. The quantitative estimate of drug-likeness (QED) is 0.173. The molecule has 0 bridgehead atoms. The highest BCUT2D eigenvalue weighted by molar-refractivity contribution is 7.99. The second-order valence-corrected chi connectivity index (χ2v) is 17.5. The summed E-state index contributed by atoms with van der Waals surface area (Å²) in [5.41, 5.74) is 15.2. The van der Waals surface area contributed by atoms with Gasteiger partial charge in [-0.05, 0) is 99.1 Å². The molecule has 294 valence electrons. The van der Waals surface area contributed by atoms with Gasteiger partial charge in [0.1, 0.15) is 17.3 Å². The number of rotatable bonds is 5. The molecule has 2 aromatic heterocycles. The summed E-state index contributed by atoms with van der Waals surface area (Å²) in [5, 5.41) is 2.34. The first kappa shape index (κ1) is 35.2. The average molecular weight is 815 g/mol. The molecule has 6 heteroatoms. The second-order valence-electron chi connectivity index (χ2n) is 16.4. The third kappa shape index (κ3) is 4.95. The second kappa shape index (κ2) is 13.5. The lowest BCUT2D eigenvalue weighted by atomic mass is 9.59. The Morgan fingerprint density at radius 1 is 0.532 bits per heavy atom. The zero-order valence-corrected chi connectivity index (χ0v) is 34.7. The Morgan fingerprint density at radius 2 is 1.18 bits per heavy atom. The van der Waals surface area contributed by atoms with Crippen molar-refractivity contribution in [2.75, 3.05) is 23.5 Å². The third-order valence-electron chi connectivity index (χ3n) is 13.1. The van der Waals surface area contributed by atoms with Crippen LogP contribution >= 0.6 is 11.8 Å². The molecule has 0 aliphatic carbocycles. The van der Waals surface area contributed by atoms with E-state index in [1.54, 1.807) is 0 Å². The summed E-state index contributed by atoms with van der Waals surface area (Å²) in [4.78, 5) is 12.2. The summed E-state index contributed by atoms with van der Waals surface area (Å²) in [7, 11) is 2.21. The van der Waals surface area contributed by atoms with Gasteiger partial charge in [-0.15, -0.1) is 0 Å². The number of aromatic nitrogens is 2. The normalized spacial score (nSPS) is 14.1. The fourth-order valence-electron chi connectivity index (χ4n) is 10.6. The van der Waals surface area contributed by atoms with Gasteiger partial charge in [0.25, 0.3) is 0 Å². The van der Waals surface area contributed by atoms with Crippen LogP contribution in [0, 0.1) is 0 Å². The Kier molecular flexibility index (Phi) is 7.66. The predicted molar refractivity (Wildman–Crippen MR) is 254 cm³/mol. The molecule has 0 fully saturated rings. The lowest BCUT2D eigenvalue weighted by Gasteiger charge is -2.49. The summed E-state index contributed by atoms with van der Waals surface area (Å²) in [6.07, 6.45) is 1.85. The number of hydrogen-bond donors (Lipinski definition) is 0. The Morgan fingerprint density at radius 3 is 1.90 bits per heavy atom. The van der Waals surface area contributed by atoms with E-state index >= 15 is 0 Å². The van der Waals surface area contributed by atoms with Crippen LogP contribution in [0.5, 0.6) is 11.5 Å². The van der Waals surface area contributed by atoms with Gasteiger partial charge < -0.3 is 14.5 Å². The number of ether oxygens (including phenoxy) is 1. The van der Waals surface area contributed by atoms with Gasteiger partial charge in [-0.25, -0.2) is 4.98 Å². The third-order valence-corrected chi connectivity index (χ3v) is 14.2. The summed E-state index contributed by atoms with van der Waals surface area (Å²) in [5.74, 6) is 2.43. The van der Waals surface area contributed by atoms with Crippen LogP contribution in [0.3, 0.4) is 0 Å².